The molecule has 1 N–H and O–H groups in total. The van der Waals surface area contributed by atoms with Gasteiger partial charge in [-0.15, -0.1) is 11.6 Å². The molecule has 0 unspecified atom stereocenters. The van der Waals surface area contributed by atoms with Crippen molar-refractivity contribution in [2.45, 2.75) is 12.8 Å². The van der Waals surface area contributed by atoms with Crippen LogP contribution in [0.15, 0.2) is 29.1 Å². The molecular weight excluding hydrogens is 242 g/mol. The molecule has 0 spiro atoms. The molecule has 0 aliphatic heterocycles. The number of carbonyl (C=O) groups is 1. The first-order valence-electron chi connectivity index (χ1n) is 4.97. The average molecular weight is 252 g/mol. The number of aromatic nitrogens is 2. The summed E-state index contributed by atoms with van der Waals surface area (Å²) in [5.41, 5.74) is 0.700. The van der Waals surface area contributed by atoms with Crippen LogP contribution in [0, 0.1) is 0 Å². The Morgan fingerprint density at radius 1 is 1.53 bits per heavy atom. The number of fused-ring (bicyclic) bond motifs is 1. The Kier molecular flexibility index (Phi) is 3.10. The van der Waals surface area contributed by atoms with Gasteiger partial charge in [0.25, 0.3) is 5.56 Å². The van der Waals surface area contributed by atoms with Crippen LogP contribution in [0.4, 0.5) is 5.82 Å². The number of hydrogen-bond donors (Lipinski definition) is 1. The van der Waals surface area contributed by atoms with Crippen molar-refractivity contribution in [3.05, 3.63) is 40.3 Å². The quantitative estimate of drug-likeness (QED) is 0.821. The van der Waals surface area contributed by atoms with E-state index in [9.17, 15) is 9.59 Å². The average Bonchev–Trinajstić information content (AvgIpc) is 2.27. The fraction of sp³-hybridized carbons (Fsp3) is 0.182. The number of nitrogens with zero attached hydrogens (tertiary/aromatic N) is 2. The van der Waals surface area contributed by atoms with Gasteiger partial charge in [0.1, 0.15) is 11.5 Å². The Hall–Kier alpha value is -1.88. The Morgan fingerprint density at radius 2 is 2.29 bits per heavy atom. The first-order valence-corrected chi connectivity index (χ1v) is 5.50. The molecule has 17 heavy (non-hydrogen) atoms. The van der Waals surface area contributed by atoms with E-state index in [4.69, 9.17) is 11.6 Å². The first-order chi connectivity index (χ1) is 8.11. The molecule has 1 amide bonds. The zero-order valence-corrected chi connectivity index (χ0v) is 9.86. The second-order valence-electron chi connectivity index (χ2n) is 3.51. The number of alkyl halides is 1. The summed E-state index contributed by atoms with van der Waals surface area (Å²) in [5, 5.41) is 2.58. The number of anilines is 1. The Morgan fingerprint density at radius 3 is 2.94 bits per heavy atom. The van der Waals surface area contributed by atoms with Gasteiger partial charge < -0.3 is 5.32 Å². The van der Waals surface area contributed by atoms with Crippen LogP contribution < -0.4 is 10.9 Å². The summed E-state index contributed by atoms with van der Waals surface area (Å²) in [7, 11) is 0. The van der Waals surface area contributed by atoms with Gasteiger partial charge in [-0.3, -0.25) is 9.59 Å². The van der Waals surface area contributed by atoms with Gasteiger partial charge in [0.2, 0.25) is 5.91 Å². The van der Waals surface area contributed by atoms with Gasteiger partial charge >= 0.3 is 0 Å². The highest BCUT2D eigenvalue weighted by molar-refractivity contribution is 6.16. The summed E-state index contributed by atoms with van der Waals surface area (Å²) in [6, 6.07) is 6.39. The van der Waals surface area contributed by atoms with Crippen LogP contribution in [0.2, 0.25) is 0 Å². The molecule has 0 saturated carbocycles. The standard InChI is InChI=1S/C11H10ClN3O2/c1-7(16)13-9-3-2-4-10-14-8(6-12)5-11(17)15(9)10/h2-5H,6H2,1H3,(H,13,16). The number of rotatable bonds is 2. The number of nitrogens with one attached hydrogen (secondary N) is 1. The van der Waals surface area contributed by atoms with Crippen LogP contribution in [-0.4, -0.2) is 15.3 Å². The van der Waals surface area contributed by atoms with E-state index in [1.807, 2.05) is 0 Å². The SMILES string of the molecule is CC(=O)Nc1cccc2nc(CCl)cc(=O)n12. The minimum Gasteiger partial charge on any atom is -0.312 e. The van der Waals surface area contributed by atoms with E-state index >= 15 is 0 Å². The second kappa shape index (κ2) is 4.55. The molecule has 2 rings (SSSR count). The fourth-order valence-corrected chi connectivity index (χ4v) is 1.69. The van der Waals surface area contributed by atoms with Crippen molar-refractivity contribution in [1.29, 1.82) is 0 Å². The lowest BCUT2D eigenvalue weighted by molar-refractivity contribution is -0.114. The Labute approximate surface area is 102 Å². The van der Waals surface area contributed by atoms with Crippen molar-refractivity contribution >= 4 is 29.0 Å². The molecule has 0 fully saturated rings. The molecular formula is C11H10ClN3O2. The maximum Gasteiger partial charge on any atom is 0.259 e. The molecule has 0 aliphatic carbocycles. The van der Waals surface area contributed by atoms with E-state index in [0.29, 0.717) is 17.2 Å². The molecule has 88 valence electrons. The highest BCUT2D eigenvalue weighted by Gasteiger charge is 2.06. The van der Waals surface area contributed by atoms with Gasteiger partial charge in [0.05, 0.1) is 11.6 Å². The van der Waals surface area contributed by atoms with E-state index in [1.165, 1.54) is 17.4 Å². The minimum absolute atomic E-state index is 0.177. The molecule has 5 nitrogen and oxygen atoms in total. The van der Waals surface area contributed by atoms with Gasteiger partial charge in [-0.2, -0.15) is 0 Å². The van der Waals surface area contributed by atoms with Crippen LogP contribution in [0.5, 0.6) is 0 Å². The van der Waals surface area contributed by atoms with Crippen molar-refractivity contribution < 1.29 is 4.79 Å². The van der Waals surface area contributed by atoms with Crippen LogP contribution in [0.25, 0.3) is 5.65 Å². The summed E-state index contributed by atoms with van der Waals surface area (Å²) in [6.45, 7) is 1.38. The summed E-state index contributed by atoms with van der Waals surface area (Å²) < 4.78 is 1.33. The Bertz CT molecular complexity index is 636. The zero-order chi connectivity index (χ0) is 12.4. The highest BCUT2D eigenvalue weighted by Crippen LogP contribution is 2.09. The van der Waals surface area contributed by atoms with Gasteiger partial charge in [-0.1, -0.05) is 6.07 Å². The summed E-state index contributed by atoms with van der Waals surface area (Å²) >= 11 is 5.64. The molecule has 0 radical (unpaired) electrons. The largest absolute Gasteiger partial charge is 0.312 e. The number of amides is 1. The van der Waals surface area contributed by atoms with Crippen molar-refractivity contribution in [2.24, 2.45) is 0 Å². The van der Waals surface area contributed by atoms with Crippen molar-refractivity contribution in [2.75, 3.05) is 5.32 Å². The topological polar surface area (TPSA) is 63.5 Å². The van der Waals surface area contributed by atoms with Crippen LogP contribution in [-0.2, 0) is 10.7 Å². The third kappa shape index (κ3) is 2.29. The minimum atomic E-state index is -0.269. The monoisotopic (exact) mass is 251 g/mol. The molecule has 2 heterocycles. The second-order valence-corrected chi connectivity index (χ2v) is 3.77. The van der Waals surface area contributed by atoms with E-state index in [-0.39, 0.29) is 17.3 Å². The zero-order valence-electron chi connectivity index (χ0n) is 9.11. The molecule has 2 aromatic heterocycles. The predicted molar refractivity (Wildman–Crippen MR) is 65.3 cm³/mol. The lowest BCUT2D eigenvalue weighted by Crippen LogP contribution is -2.20. The molecule has 0 saturated heterocycles. The lowest BCUT2D eigenvalue weighted by Gasteiger charge is -2.08. The third-order valence-electron chi connectivity index (χ3n) is 2.18. The maximum atomic E-state index is 11.9. The highest BCUT2D eigenvalue weighted by atomic mass is 35.5. The number of hydrogen-bond acceptors (Lipinski definition) is 3. The van der Waals surface area contributed by atoms with Gasteiger partial charge in [0.15, 0.2) is 0 Å². The number of carbonyl (C=O) groups excluding carboxylic acids is 1. The third-order valence-corrected chi connectivity index (χ3v) is 2.45. The molecule has 6 heteroatoms. The van der Waals surface area contributed by atoms with Gasteiger partial charge in [-0.25, -0.2) is 9.38 Å². The normalized spacial score (nSPS) is 10.5. The van der Waals surface area contributed by atoms with Crippen LogP contribution in [0.3, 0.4) is 0 Å². The lowest BCUT2D eigenvalue weighted by atomic mass is 10.3. The molecule has 0 atom stereocenters. The number of pyridine rings is 1. The molecule has 2 aromatic rings. The van der Waals surface area contributed by atoms with Crippen molar-refractivity contribution in [3.63, 3.8) is 0 Å². The van der Waals surface area contributed by atoms with E-state index in [2.05, 4.69) is 10.3 Å². The summed E-state index contributed by atoms with van der Waals surface area (Å²) in [5.74, 6) is 0.329. The molecule has 0 bridgehead atoms. The Balaban J connectivity index is 2.72. The predicted octanol–water partition coefficient (Wildman–Crippen LogP) is 1.39. The van der Waals surface area contributed by atoms with Crippen molar-refractivity contribution in [1.82, 2.24) is 9.38 Å². The van der Waals surface area contributed by atoms with E-state index in [0.717, 1.165) is 0 Å². The smallest absolute Gasteiger partial charge is 0.259 e. The first kappa shape index (κ1) is 11.6. The van der Waals surface area contributed by atoms with Crippen molar-refractivity contribution in [3.8, 4) is 0 Å². The van der Waals surface area contributed by atoms with E-state index < -0.39 is 0 Å². The molecule has 0 aliphatic rings. The maximum absolute atomic E-state index is 11.9. The summed E-state index contributed by atoms with van der Waals surface area (Å²) in [4.78, 5) is 27.1. The van der Waals surface area contributed by atoms with E-state index in [1.54, 1.807) is 18.2 Å². The van der Waals surface area contributed by atoms with Crippen LogP contribution >= 0.6 is 11.6 Å². The fourth-order valence-electron chi connectivity index (χ4n) is 1.55. The number of halogens is 1. The molecule has 0 aromatic carbocycles. The van der Waals surface area contributed by atoms with Gasteiger partial charge in [-0.05, 0) is 12.1 Å². The summed E-state index contributed by atoms with van der Waals surface area (Å²) in [6.07, 6.45) is 0. The van der Waals surface area contributed by atoms with Crippen LogP contribution in [0.1, 0.15) is 12.6 Å². The van der Waals surface area contributed by atoms with Gasteiger partial charge in [0, 0.05) is 13.0 Å².